The van der Waals surface area contributed by atoms with E-state index >= 15 is 0 Å². The van der Waals surface area contributed by atoms with Gasteiger partial charge in [0.25, 0.3) is 0 Å². The number of carbonyl (C=O) groups excluding carboxylic acids is 2. The molecule has 0 heterocycles. The van der Waals surface area contributed by atoms with Gasteiger partial charge in [-0.3, -0.25) is 14.4 Å². The third-order valence-electron chi connectivity index (χ3n) is 4.34. The summed E-state index contributed by atoms with van der Waals surface area (Å²) in [5.41, 5.74) is -2.28. The summed E-state index contributed by atoms with van der Waals surface area (Å²) < 4.78 is 0. The molecule has 25 heavy (non-hydrogen) atoms. The predicted molar refractivity (Wildman–Crippen MR) is 91.2 cm³/mol. The molecule has 0 rings (SSSR count). The number of hydrogen-bond acceptors (Lipinski definition) is 6. The highest BCUT2D eigenvalue weighted by atomic mass is 16.4. The molecule has 2 atom stereocenters. The van der Waals surface area contributed by atoms with E-state index in [4.69, 9.17) is 20.7 Å². The summed E-state index contributed by atoms with van der Waals surface area (Å²) >= 11 is 0. The number of hydrogen-bond donors (Lipinski definition) is 2. The summed E-state index contributed by atoms with van der Waals surface area (Å²) in [6.45, 7) is 6.16. The molecule has 0 saturated heterocycles. The molecule has 0 aliphatic heterocycles. The van der Waals surface area contributed by atoms with Crippen molar-refractivity contribution in [3.63, 3.8) is 0 Å². The fourth-order valence-electron chi connectivity index (χ4n) is 2.55. The number of carboxylic acids is 1. The van der Waals surface area contributed by atoms with Crippen LogP contribution in [0, 0.1) is 33.5 Å². The number of nitrogens with zero attached hydrogens (tertiary/aromatic N) is 2. The van der Waals surface area contributed by atoms with Crippen LogP contribution in [0.25, 0.3) is 0 Å². The SMILES string of the molecule is CCC[C@@](CC#N)(C(C)=O)C(=O)O.CCC[C@@](CO)(CC#N)C(C)=O. The lowest BCUT2D eigenvalue weighted by Gasteiger charge is -2.25. The molecule has 0 spiro atoms. The number of Topliss-reactive ketones (excluding diaryl/α,β-unsaturated/α-hetero) is 2. The van der Waals surface area contributed by atoms with Gasteiger partial charge in [-0.05, 0) is 26.7 Å². The molecule has 0 aliphatic carbocycles. The van der Waals surface area contributed by atoms with Crippen molar-refractivity contribution in [3.05, 3.63) is 0 Å². The molecule has 0 amide bonds. The second-order valence-electron chi connectivity index (χ2n) is 6.11. The zero-order valence-corrected chi connectivity index (χ0v) is 15.5. The molecule has 0 bridgehead atoms. The standard InChI is InChI=1S/C9H13NO3.C9H15NO2/c1-3-4-9(5-6-10,7(2)11)8(12)13;1-3-4-9(7-11,5-6-10)8(2)12/h3-5H2,1-2H3,(H,12,13);11H,3-5,7H2,1-2H3/t2*9-/m10/s1. The van der Waals surface area contributed by atoms with E-state index in [9.17, 15) is 14.4 Å². The van der Waals surface area contributed by atoms with E-state index in [0.717, 1.165) is 6.42 Å². The fourth-order valence-corrected chi connectivity index (χ4v) is 2.55. The second kappa shape index (κ2) is 12.2. The molecule has 0 aromatic heterocycles. The van der Waals surface area contributed by atoms with Gasteiger partial charge in [0.2, 0.25) is 0 Å². The van der Waals surface area contributed by atoms with E-state index in [0.29, 0.717) is 12.8 Å². The Labute approximate surface area is 149 Å². The zero-order chi connectivity index (χ0) is 20.1. The van der Waals surface area contributed by atoms with Crippen molar-refractivity contribution in [1.29, 1.82) is 10.5 Å². The van der Waals surface area contributed by atoms with Crippen molar-refractivity contribution in [2.75, 3.05) is 6.61 Å². The Morgan fingerprint density at radius 3 is 1.64 bits per heavy atom. The highest BCUT2D eigenvalue weighted by Crippen LogP contribution is 2.29. The quantitative estimate of drug-likeness (QED) is 0.576. The van der Waals surface area contributed by atoms with Crippen molar-refractivity contribution in [1.82, 2.24) is 0 Å². The van der Waals surface area contributed by atoms with E-state index in [1.165, 1.54) is 13.8 Å². The molecular formula is C18H28N2O5. The Hall–Kier alpha value is -2.25. The van der Waals surface area contributed by atoms with Crippen LogP contribution >= 0.6 is 0 Å². The number of rotatable bonds is 10. The van der Waals surface area contributed by atoms with Crippen LogP contribution in [0.2, 0.25) is 0 Å². The Morgan fingerprint density at radius 1 is 0.920 bits per heavy atom. The third kappa shape index (κ3) is 7.03. The first kappa shape index (κ1) is 25.0. The van der Waals surface area contributed by atoms with Gasteiger partial charge in [0.1, 0.15) is 17.0 Å². The Bertz CT molecular complexity index is 531. The topological polar surface area (TPSA) is 139 Å². The minimum absolute atomic E-state index is 0.0894. The Balaban J connectivity index is 0. The van der Waals surface area contributed by atoms with Crippen molar-refractivity contribution in [2.24, 2.45) is 10.8 Å². The average Bonchev–Trinajstić information content (AvgIpc) is 2.54. The van der Waals surface area contributed by atoms with Gasteiger partial charge in [-0.1, -0.05) is 26.7 Å². The maximum atomic E-state index is 11.2. The van der Waals surface area contributed by atoms with Gasteiger partial charge in [0, 0.05) is 6.42 Å². The number of carboxylic acid groups (broad SMARTS) is 1. The molecule has 0 saturated carbocycles. The molecule has 7 heteroatoms. The molecule has 0 aromatic rings. The van der Waals surface area contributed by atoms with E-state index in [2.05, 4.69) is 0 Å². The largest absolute Gasteiger partial charge is 0.480 e. The smallest absolute Gasteiger partial charge is 0.318 e. The molecule has 0 aromatic carbocycles. The minimum atomic E-state index is -1.48. The minimum Gasteiger partial charge on any atom is -0.480 e. The van der Waals surface area contributed by atoms with Crippen molar-refractivity contribution in [2.45, 2.75) is 66.2 Å². The van der Waals surface area contributed by atoms with Crippen LogP contribution in [0.1, 0.15) is 66.2 Å². The molecule has 0 aliphatic rings. The summed E-state index contributed by atoms with van der Waals surface area (Å²) in [5, 5.41) is 34.9. The number of aliphatic hydroxyl groups excluding tert-OH is 1. The van der Waals surface area contributed by atoms with Gasteiger partial charge in [-0.15, -0.1) is 0 Å². The molecule has 2 N–H and O–H groups in total. The summed E-state index contributed by atoms with van der Waals surface area (Å²) in [5.74, 6) is -1.72. The molecule has 0 unspecified atom stereocenters. The second-order valence-corrected chi connectivity index (χ2v) is 6.11. The van der Waals surface area contributed by atoms with Crippen LogP contribution in [0.15, 0.2) is 0 Å². The first-order valence-electron chi connectivity index (χ1n) is 8.24. The third-order valence-corrected chi connectivity index (χ3v) is 4.34. The maximum absolute atomic E-state index is 11.2. The molecule has 140 valence electrons. The average molecular weight is 352 g/mol. The van der Waals surface area contributed by atoms with Gasteiger partial charge in [0.05, 0.1) is 30.6 Å². The van der Waals surface area contributed by atoms with E-state index in [1.54, 1.807) is 13.0 Å². The lowest BCUT2D eigenvalue weighted by atomic mass is 9.77. The van der Waals surface area contributed by atoms with Crippen LogP contribution in [-0.4, -0.2) is 34.4 Å². The zero-order valence-electron chi connectivity index (χ0n) is 15.5. The van der Waals surface area contributed by atoms with Crippen molar-refractivity contribution in [3.8, 4) is 12.1 Å². The number of ketones is 2. The van der Waals surface area contributed by atoms with E-state index < -0.39 is 22.6 Å². The van der Waals surface area contributed by atoms with Crippen LogP contribution in [-0.2, 0) is 14.4 Å². The molecule has 7 nitrogen and oxygen atoms in total. The first-order valence-corrected chi connectivity index (χ1v) is 8.24. The van der Waals surface area contributed by atoms with Crippen molar-refractivity contribution < 1.29 is 24.6 Å². The van der Waals surface area contributed by atoms with Crippen LogP contribution < -0.4 is 0 Å². The van der Waals surface area contributed by atoms with E-state index in [1.807, 2.05) is 13.0 Å². The maximum Gasteiger partial charge on any atom is 0.318 e. The van der Waals surface area contributed by atoms with Crippen LogP contribution in [0.4, 0.5) is 0 Å². The normalized spacial score (nSPS) is 14.5. The molecule has 0 radical (unpaired) electrons. The van der Waals surface area contributed by atoms with Gasteiger partial charge in [0.15, 0.2) is 0 Å². The van der Waals surface area contributed by atoms with Crippen LogP contribution in [0.3, 0.4) is 0 Å². The van der Waals surface area contributed by atoms with Gasteiger partial charge < -0.3 is 10.2 Å². The number of nitriles is 2. The summed E-state index contributed by atoms with van der Waals surface area (Å²) in [6, 6.07) is 3.70. The number of aliphatic carboxylic acids is 1. The first-order chi connectivity index (χ1) is 11.6. The highest BCUT2D eigenvalue weighted by molar-refractivity contribution is 6.02. The number of aliphatic hydroxyl groups is 1. The lowest BCUT2D eigenvalue weighted by molar-refractivity contribution is -0.154. The van der Waals surface area contributed by atoms with Gasteiger partial charge >= 0.3 is 5.97 Å². The van der Waals surface area contributed by atoms with Crippen molar-refractivity contribution >= 4 is 17.5 Å². The van der Waals surface area contributed by atoms with Gasteiger partial charge in [-0.25, -0.2) is 0 Å². The predicted octanol–water partition coefficient (Wildman–Crippen LogP) is 2.63. The fraction of sp³-hybridized carbons (Fsp3) is 0.722. The molecule has 0 fully saturated rings. The molecular weight excluding hydrogens is 324 g/mol. The summed E-state index contributed by atoms with van der Waals surface area (Å²) in [6.07, 6.45) is 2.07. The van der Waals surface area contributed by atoms with Gasteiger partial charge in [-0.2, -0.15) is 10.5 Å². The summed E-state index contributed by atoms with van der Waals surface area (Å²) in [7, 11) is 0. The number of carbonyl (C=O) groups is 3. The Kier molecular flexibility index (Phi) is 12.2. The highest BCUT2D eigenvalue weighted by Gasteiger charge is 2.42. The summed E-state index contributed by atoms with van der Waals surface area (Å²) in [4.78, 5) is 33.2. The lowest BCUT2D eigenvalue weighted by Crippen LogP contribution is -2.37. The van der Waals surface area contributed by atoms with E-state index in [-0.39, 0.29) is 31.7 Å². The van der Waals surface area contributed by atoms with Crippen LogP contribution in [0.5, 0.6) is 0 Å². The monoisotopic (exact) mass is 352 g/mol. The Morgan fingerprint density at radius 2 is 1.40 bits per heavy atom.